The molecule has 3 N–H and O–H groups in total. The Morgan fingerprint density at radius 1 is 1.60 bits per heavy atom. The van der Waals surface area contributed by atoms with E-state index in [2.05, 4.69) is 13.1 Å². The van der Waals surface area contributed by atoms with Crippen LogP contribution in [0.15, 0.2) is 0 Å². The molecule has 0 aromatic heterocycles. The van der Waals surface area contributed by atoms with Crippen molar-refractivity contribution in [3.8, 4) is 0 Å². The first kappa shape index (κ1) is 8.24. The summed E-state index contributed by atoms with van der Waals surface area (Å²) >= 11 is 0. The van der Waals surface area contributed by atoms with E-state index in [1.807, 2.05) is 0 Å². The number of hydrogen-bond acceptors (Lipinski definition) is 2. The van der Waals surface area contributed by atoms with Gasteiger partial charge in [-0.1, -0.05) is 19.1 Å². The Balaban J connectivity index is 2.57. The van der Waals surface area contributed by atoms with Gasteiger partial charge in [-0.2, -0.15) is 0 Å². The van der Waals surface area contributed by atoms with Gasteiger partial charge in [-0.3, -0.25) is 0 Å². The third kappa shape index (κ3) is 1.59. The molecule has 0 radical (unpaired) electrons. The van der Waals surface area contributed by atoms with Crippen molar-refractivity contribution in [2.75, 3.05) is 6.54 Å². The molecule has 1 fully saturated rings. The second kappa shape index (κ2) is 2.32. The monoisotopic (exact) mass is 159 g/mol. The third-order valence-electron chi connectivity index (χ3n) is 2.45. The zero-order chi connectivity index (χ0) is 7.83. The van der Waals surface area contributed by atoms with Crippen LogP contribution in [-0.4, -0.2) is 25.3 Å². The zero-order valence-electron chi connectivity index (χ0n) is 6.85. The van der Waals surface area contributed by atoms with Crippen LogP contribution in [0, 0.1) is 0 Å². The summed E-state index contributed by atoms with van der Waals surface area (Å²) in [5, 5.41) is 9.75. The summed E-state index contributed by atoms with van der Waals surface area (Å²) in [7, 11) is -1.03. The molecule has 1 heterocycles. The Labute approximate surface area is 63.4 Å². The third-order valence-corrected chi connectivity index (χ3v) is 5.67. The van der Waals surface area contributed by atoms with Gasteiger partial charge in [0.05, 0.1) is 13.7 Å². The highest BCUT2D eigenvalue weighted by Crippen LogP contribution is 2.37. The number of aliphatic hydroxyl groups is 1. The molecule has 1 saturated heterocycles. The highest BCUT2D eigenvalue weighted by atomic mass is 28.3. The topological polar surface area (TPSA) is 46.2 Å². The Morgan fingerprint density at radius 3 is 2.40 bits per heavy atom. The molecule has 0 saturated carbocycles. The van der Waals surface area contributed by atoms with Crippen molar-refractivity contribution in [2.45, 2.75) is 37.2 Å². The predicted molar refractivity (Wildman–Crippen MR) is 45.7 cm³/mol. The smallest absolute Gasteiger partial charge is 0.0743 e. The lowest BCUT2D eigenvalue weighted by molar-refractivity contribution is 0.0733. The van der Waals surface area contributed by atoms with Gasteiger partial charge in [-0.15, -0.1) is 0 Å². The average molecular weight is 159 g/mol. The van der Waals surface area contributed by atoms with Crippen LogP contribution in [0.4, 0.5) is 0 Å². The molecular weight excluding hydrogens is 142 g/mol. The first-order chi connectivity index (χ1) is 4.47. The summed E-state index contributed by atoms with van der Waals surface area (Å²) in [5.41, 5.74) is 4.97. The van der Waals surface area contributed by atoms with E-state index in [-0.39, 0.29) is 0 Å². The summed E-state index contributed by atoms with van der Waals surface area (Å²) < 4.78 is 0. The minimum atomic E-state index is -1.03. The fourth-order valence-electron chi connectivity index (χ4n) is 1.81. The van der Waals surface area contributed by atoms with Gasteiger partial charge in [0.25, 0.3) is 0 Å². The van der Waals surface area contributed by atoms with Crippen LogP contribution < -0.4 is 5.73 Å². The van der Waals surface area contributed by atoms with Crippen molar-refractivity contribution >= 4 is 8.07 Å². The maximum absolute atomic E-state index is 9.75. The van der Waals surface area contributed by atoms with Crippen molar-refractivity contribution < 1.29 is 5.11 Å². The SMILES string of the molecule is C[Si]1(C)CCC(O)(CN)C1. The van der Waals surface area contributed by atoms with Crippen LogP contribution in [0.25, 0.3) is 0 Å². The first-order valence-corrected chi connectivity index (χ1v) is 7.31. The largest absolute Gasteiger partial charge is 0.389 e. The molecule has 0 aromatic carbocycles. The highest BCUT2D eigenvalue weighted by Gasteiger charge is 2.41. The number of rotatable bonds is 1. The normalized spacial score (nSPS) is 38.4. The molecule has 0 aliphatic carbocycles. The summed E-state index contributed by atoms with van der Waals surface area (Å²) in [5.74, 6) is 0. The van der Waals surface area contributed by atoms with Gasteiger partial charge in [0.15, 0.2) is 0 Å². The Morgan fingerprint density at radius 2 is 2.20 bits per heavy atom. The van der Waals surface area contributed by atoms with Gasteiger partial charge in [-0.05, 0) is 12.5 Å². The van der Waals surface area contributed by atoms with E-state index in [1.54, 1.807) is 0 Å². The molecule has 0 amide bonds. The summed E-state index contributed by atoms with van der Waals surface area (Å²) in [6, 6.07) is 2.23. The van der Waals surface area contributed by atoms with Gasteiger partial charge in [0.1, 0.15) is 0 Å². The molecule has 60 valence electrons. The number of nitrogens with two attached hydrogens (primary N) is 1. The van der Waals surface area contributed by atoms with Gasteiger partial charge < -0.3 is 10.8 Å². The fourth-order valence-corrected chi connectivity index (χ4v) is 5.23. The standard InChI is InChI=1S/C7H17NOSi/c1-10(2)4-3-7(9,5-8)6-10/h9H,3-6,8H2,1-2H3. The Kier molecular flexibility index (Phi) is 1.91. The van der Waals surface area contributed by atoms with Crippen LogP contribution >= 0.6 is 0 Å². The van der Waals surface area contributed by atoms with Gasteiger partial charge in [0.2, 0.25) is 0 Å². The van der Waals surface area contributed by atoms with E-state index in [4.69, 9.17) is 5.73 Å². The maximum Gasteiger partial charge on any atom is 0.0743 e. The van der Waals surface area contributed by atoms with E-state index in [0.29, 0.717) is 6.54 Å². The molecular formula is C7H17NOSi. The first-order valence-electron chi connectivity index (χ1n) is 3.90. The van der Waals surface area contributed by atoms with Crippen LogP contribution in [0.3, 0.4) is 0 Å². The minimum Gasteiger partial charge on any atom is -0.389 e. The average Bonchev–Trinajstić information content (AvgIpc) is 2.08. The molecule has 3 heteroatoms. The van der Waals surface area contributed by atoms with Crippen LogP contribution in [0.5, 0.6) is 0 Å². The molecule has 2 nitrogen and oxygen atoms in total. The predicted octanol–water partition coefficient (Wildman–Crippen LogP) is 0.788. The molecule has 1 rings (SSSR count). The molecule has 1 atom stereocenters. The molecule has 1 aliphatic rings. The fraction of sp³-hybridized carbons (Fsp3) is 1.00. The lowest BCUT2D eigenvalue weighted by Gasteiger charge is -2.21. The lowest BCUT2D eigenvalue weighted by atomic mass is 10.1. The molecule has 10 heavy (non-hydrogen) atoms. The van der Waals surface area contributed by atoms with Crippen molar-refractivity contribution in [3.05, 3.63) is 0 Å². The molecule has 0 spiro atoms. The lowest BCUT2D eigenvalue weighted by Crippen LogP contribution is -2.36. The summed E-state index contributed by atoms with van der Waals surface area (Å²) in [4.78, 5) is 0. The summed E-state index contributed by atoms with van der Waals surface area (Å²) in [6.07, 6.45) is 0.933. The van der Waals surface area contributed by atoms with E-state index < -0.39 is 13.7 Å². The number of hydrogen-bond donors (Lipinski definition) is 2. The summed E-state index contributed by atoms with van der Waals surface area (Å²) in [6.45, 7) is 5.09. The van der Waals surface area contributed by atoms with Crippen LogP contribution in [0.2, 0.25) is 25.2 Å². The zero-order valence-corrected chi connectivity index (χ0v) is 7.85. The van der Waals surface area contributed by atoms with Crippen LogP contribution in [0.1, 0.15) is 6.42 Å². The maximum atomic E-state index is 9.75. The van der Waals surface area contributed by atoms with E-state index >= 15 is 0 Å². The van der Waals surface area contributed by atoms with Crippen molar-refractivity contribution in [1.29, 1.82) is 0 Å². The molecule has 1 aliphatic heterocycles. The van der Waals surface area contributed by atoms with E-state index in [0.717, 1.165) is 12.5 Å². The second-order valence-electron chi connectivity index (χ2n) is 4.27. The highest BCUT2D eigenvalue weighted by molar-refractivity contribution is 6.78. The Hall–Kier alpha value is 0.137. The van der Waals surface area contributed by atoms with Crippen LogP contribution in [-0.2, 0) is 0 Å². The van der Waals surface area contributed by atoms with Gasteiger partial charge in [0, 0.05) is 6.54 Å². The van der Waals surface area contributed by atoms with Crippen molar-refractivity contribution in [2.24, 2.45) is 5.73 Å². The van der Waals surface area contributed by atoms with E-state index in [9.17, 15) is 5.11 Å². The van der Waals surface area contributed by atoms with Gasteiger partial charge >= 0.3 is 0 Å². The minimum absolute atomic E-state index is 0.448. The Bertz CT molecular complexity index is 138. The quantitative estimate of drug-likeness (QED) is 0.556. The van der Waals surface area contributed by atoms with E-state index in [1.165, 1.54) is 6.04 Å². The van der Waals surface area contributed by atoms with Gasteiger partial charge in [-0.25, -0.2) is 0 Å². The van der Waals surface area contributed by atoms with Crippen molar-refractivity contribution in [3.63, 3.8) is 0 Å². The second-order valence-corrected chi connectivity index (χ2v) is 9.45. The van der Waals surface area contributed by atoms with Crippen molar-refractivity contribution in [1.82, 2.24) is 0 Å². The molecule has 0 bridgehead atoms. The molecule has 1 unspecified atom stereocenters. The molecule has 0 aromatic rings.